The van der Waals surface area contributed by atoms with Gasteiger partial charge >= 0.3 is 0 Å². The summed E-state index contributed by atoms with van der Waals surface area (Å²) < 4.78 is 10.9. The number of ether oxygens (including phenoxy) is 2. The van der Waals surface area contributed by atoms with Crippen molar-refractivity contribution in [2.45, 2.75) is 13.3 Å². The molecule has 0 amide bonds. The largest absolute Gasteiger partial charge is 0.493 e. The van der Waals surface area contributed by atoms with E-state index in [1.807, 2.05) is 49.4 Å². The van der Waals surface area contributed by atoms with Crippen LogP contribution in [0.5, 0.6) is 17.4 Å². The second-order valence-corrected chi connectivity index (χ2v) is 6.68. The summed E-state index contributed by atoms with van der Waals surface area (Å²) in [4.78, 5) is 13.1. The number of aromatic hydroxyl groups is 1. The zero-order valence-corrected chi connectivity index (χ0v) is 20.2. The van der Waals surface area contributed by atoms with Gasteiger partial charge in [0.1, 0.15) is 0 Å². The van der Waals surface area contributed by atoms with E-state index < -0.39 is 0 Å². The van der Waals surface area contributed by atoms with Gasteiger partial charge in [0.15, 0.2) is 11.5 Å². The minimum atomic E-state index is -0.00154. The first-order chi connectivity index (χ1) is 14.1. The second-order valence-electron chi connectivity index (χ2n) is 6.68. The molecule has 0 aliphatic rings. The number of pyridine rings is 3. The highest BCUT2D eigenvalue weighted by atomic mass is 35.5. The van der Waals surface area contributed by atoms with Gasteiger partial charge in [-0.1, -0.05) is 6.07 Å². The molecule has 0 radical (unpaired) electrons. The van der Waals surface area contributed by atoms with Gasteiger partial charge in [-0.25, -0.2) is 4.98 Å². The van der Waals surface area contributed by atoms with E-state index in [1.165, 1.54) is 0 Å². The summed E-state index contributed by atoms with van der Waals surface area (Å²) in [5.41, 5.74) is 4.10. The summed E-state index contributed by atoms with van der Waals surface area (Å²) in [5, 5.41) is 12.4. The van der Waals surface area contributed by atoms with Gasteiger partial charge in [0.2, 0.25) is 5.88 Å². The van der Waals surface area contributed by atoms with Gasteiger partial charge in [0.25, 0.3) is 0 Å². The van der Waals surface area contributed by atoms with Crippen LogP contribution in [-0.2, 0) is 6.42 Å². The second kappa shape index (κ2) is 11.7. The number of nitrogens with zero attached hydrogens (tertiary/aromatic N) is 3. The smallest absolute Gasteiger partial charge is 0.215 e. The molecule has 0 unspecified atom stereocenters. The Bertz CT molecular complexity index is 1190. The summed E-state index contributed by atoms with van der Waals surface area (Å²) in [6, 6.07) is 13.5. The molecular weight excluding hydrogens is 473 g/mol. The first kappa shape index (κ1) is 27.2. The number of aryl methyl sites for hydroxylation is 1. The van der Waals surface area contributed by atoms with Crippen molar-refractivity contribution in [3.63, 3.8) is 0 Å². The van der Waals surface area contributed by atoms with Crippen molar-refractivity contribution >= 4 is 48.0 Å². The van der Waals surface area contributed by atoms with Crippen LogP contribution in [0.1, 0.15) is 17.0 Å². The number of fused-ring (bicyclic) bond motifs is 1. The molecule has 0 saturated carbocycles. The van der Waals surface area contributed by atoms with E-state index in [2.05, 4.69) is 9.97 Å². The molecule has 4 rings (SSSR count). The van der Waals surface area contributed by atoms with Gasteiger partial charge in [-0.3, -0.25) is 9.97 Å². The first-order valence-corrected chi connectivity index (χ1v) is 9.21. The summed E-state index contributed by atoms with van der Waals surface area (Å²) >= 11 is 0. The Hall–Kier alpha value is -2.80. The maximum absolute atomic E-state index is 10.6. The molecule has 170 valence electrons. The van der Waals surface area contributed by atoms with Crippen molar-refractivity contribution in [2.75, 3.05) is 14.2 Å². The number of halogens is 3. The Morgan fingerprint density at radius 2 is 1.47 bits per heavy atom. The third-order valence-corrected chi connectivity index (χ3v) is 4.92. The molecule has 9 heteroatoms. The van der Waals surface area contributed by atoms with Gasteiger partial charge in [-0.2, -0.15) is 0 Å². The van der Waals surface area contributed by atoms with Crippen LogP contribution >= 0.6 is 37.2 Å². The summed E-state index contributed by atoms with van der Waals surface area (Å²) in [5.74, 6) is 1.22. The topological polar surface area (TPSA) is 77.4 Å². The van der Waals surface area contributed by atoms with E-state index >= 15 is 0 Å². The molecule has 1 N–H and O–H groups in total. The lowest BCUT2D eigenvalue weighted by Gasteiger charge is -2.14. The van der Waals surface area contributed by atoms with Crippen LogP contribution in [0, 0.1) is 6.92 Å². The van der Waals surface area contributed by atoms with Crippen molar-refractivity contribution in [2.24, 2.45) is 0 Å². The highest BCUT2D eigenvalue weighted by Crippen LogP contribution is 2.37. The quantitative estimate of drug-likeness (QED) is 0.389. The van der Waals surface area contributed by atoms with Crippen LogP contribution < -0.4 is 9.47 Å². The van der Waals surface area contributed by atoms with Gasteiger partial charge in [0.05, 0.1) is 19.9 Å². The van der Waals surface area contributed by atoms with Crippen LogP contribution in [0.3, 0.4) is 0 Å². The average Bonchev–Trinajstić information content (AvgIpc) is 2.76. The standard InChI is InChI=1S/C23H21N3O3.3ClH/c1-14-17-12-21(28-2)22(29-3)13-18(17)19(23(27)25-14)11-16-5-4-6-20(26-16)15-7-9-24-10-8-15;;;/h4-10,12-13H,11H2,1-3H3,(H,25,27);3*1H. The molecule has 0 saturated heterocycles. The van der Waals surface area contributed by atoms with E-state index in [0.717, 1.165) is 33.4 Å². The minimum Gasteiger partial charge on any atom is -0.493 e. The van der Waals surface area contributed by atoms with Crippen LogP contribution in [0.4, 0.5) is 0 Å². The molecule has 32 heavy (non-hydrogen) atoms. The number of hydrogen-bond donors (Lipinski definition) is 1. The van der Waals surface area contributed by atoms with E-state index in [-0.39, 0.29) is 43.1 Å². The number of rotatable bonds is 5. The molecular formula is C23H24Cl3N3O3. The monoisotopic (exact) mass is 495 g/mol. The Morgan fingerprint density at radius 3 is 2.09 bits per heavy atom. The number of hydrogen-bond acceptors (Lipinski definition) is 6. The summed E-state index contributed by atoms with van der Waals surface area (Å²) in [6.45, 7) is 1.86. The van der Waals surface area contributed by atoms with Crippen molar-refractivity contribution in [1.29, 1.82) is 0 Å². The fourth-order valence-corrected chi connectivity index (χ4v) is 3.45. The van der Waals surface area contributed by atoms with E-state index in [4.69, 9.17) is 14.5 Å². The third-order valence-electron chi connectivity index (χ3n) is 4.92. The Kier molecular flexibility index (Phi) is 9.97. The van der Waals surface area contributed by atoms with Gasteiger partial charge in [-0.05, 0) is 48.7 Å². The van der Waals surface area contributed by atoms with Gasteiger partial charge in [0, 0.05) is 46.7 Å². The Labute approximate surface area is 205 Å². The third kappa shape index (κ3) is 5.33. The minimum absolute atomic E-state index is 0. The molecule has 3 heterocycles. The lowest BCUT2D eigenvalue weighted by atomic mass is 9.99. The van der Waals surface area contributed by atoms with Gasteiger partial charge in [-0.15, -0.1) is 37.2 Å². The average molecular weight is 497 g/mol. The molecule has 1 aromatic carbocycles. The molecule has 0 aliphatic heterocycles. The van der Waals surface area contributed by atoms with E-state index in [0.29, 0.717) is 23.5 Å². The molecule has 0 atom stereocenters. The predicted octanol–water partition coefficient (Wildman–Crippen LogP) is 5.58. The molecule has 0 spiro atoms. The van der Waals surface area contributed by atoms with Crippen LogP contribution in [0.2, 0.25) is 0 Å². The maximum atomic E-state index is 10.6. The summed E-state index contributed by atoms with van der Waals surface area (Å²) in [7, 11) is 3.19. The summed E-state index contributed by atoms with van der Waals surface area (Å²) in [6.07, 6.45) is 3.92. The molecule has 0 fully saturated rings. The van der Waals surface area contributed by atoms with Crippen molar-refractivity contribution < 1.29 is 14.6 Å². The molecule has 0 aliphatic carbocycles. The zero-order valence-electron chi connectivity index (χ0n) is 17.7. The predicted molar refractivity (Wildman–Crippen MR) is 133 cm³/mol. The fraction of sp³-hybridized carbons (Fsp3) is 0.174. The van der Waals surface area contributed by atoms with Crippen LogP contribution in [0.15, 0.2) is 54.9 Å². The van der Waals surface area contributed by atoms with Gasteiger partial charge < -0.3 is 14.6 Å². The highest BCUT2D eigenvalue weighted by molar-refractivity contribution is 5.92. The van der Waals surface area contributed by atoms with E-state index in [1.54, 1.807) is 26.6 Å². The maximum Gasteiger partial charge on any atom is 0.215 e. The first-order valence-electron chi connectivity index (χ1n) is 9.21. The Balaban J connectivity index is 0.00000171. The number of aromatic nitrogens is 3. The van der Waals surface area contributed by atoms with E-state index in [9.17, 15) is 5.11 Å². The molecule has 4 aromatic rings. The lowest BCUT2D eigenvalue weighted by Crippen LogP contribution is -2.00. The highest BCUT2D eigenvalue weighted by Gasteiger charge is 2.17. The zero-order chi connectivity index (χ0) is 20.4. The normalized spacial score (nSPS) is 9.84. The fourth-order valence-electron chi connectivity index (χ4n) is 3.45. The SMILES string of the molecule is COc1cc2c(C)nc(O)c(Cc3cccc(-c4ccncc4)n3)c2cc1OC.Cl.Cl.Cl. The van der Waals surface area contributed by atoms with Crippen molar-refractivity contribution in [3.8, 4) is 28.6 Å². The van der Waals surface area contributed by atoms with Crippen molar-refractivity contribution in [1.82, 2.24) is 15.0 Å². The van der Waals surface area contributed by atoms with Crippen LogP contribution in [0.25, 0.3) is 22.0 Å². The molecule has 6 nitrogen and oxygen atoms in total. The number of methoxy groups -OCH3 is 2. The van der Waals surface area contributed by atoms with Crippen LogP contribution in [-0.4, -0.2) is 34.3 Å². The number of benzene rings is 1. The Morgan fingerprint density at radius 1 is 0.844 bits per heavy atom. The molecule has 3 aromatic heterocycles. The lowest BCUT2D eigenvalue weighted by molar-refractivity contribution is 0.355. The van der Waals surface area contributed by atoms with Crippen molar-refractivity contribution in [3.05, 3.63) is 71.8 Å². The molecule has 0 bridgehead atoms.